The zero-order chi connectivity index (χ0) is 17.0. The second-order valence-electron chi connectivity index (χ2n) is 4.46. The van der Waals surface area contributed by atoms with Crippen molar-refractivity contribution >= 4 is 40.1 Å². The molecule has 0 atom stereocenters. The highest BCUT2D eigenvalue weighted by Crippen LogP contribution is 2.23. The maximum Gasteiger partial charge on any atom is 0.259 e. The van der Waals surface area contributed by atoms with Crippen LogP contribution in [0.15, 0.2) is 36.4 Å². The minimum absolute atomic E-state index is 0.0323. The average molecular weight is 432 g/mol. The Morgan fingerprint density at radius 2 is 1.78 bits per heavy atom. The van der Waals surface area contributed by atoms with Gasteiger partial charge < -0.3 is 15.8 Å². The predicted molar refractivity (Wildman–Crippen MR) is 88.2 cm³/mol. The number of amides is 2. The molecule has 120 valence electrons. The van der Waals surface area contributed by atoms with Gasteiger partial charge in [-0.2, -0.15) is 0 Å². The number of rotatable bonds is 5. The Balaban J connectivity index is 2.23. The first kappa shape index (κ1) is 17.1. The molecule has 0 aliphatic carbocycles. The van der Waals surface area contributed by atoms with Gasteiger partial charge in [-0.3, -0.25) is 9.59 Å². The summed E-state index contributed by atoms with van der Waals surface area (Å²) in [6, 6.07) is 8.14. The van der Waals surface area contributed by atoms with Crippen molar-refractivity contribution in [2.24, 2.45) is 5.73 Å². The molecule has 2 aromatic carbocycles. The summed E-state index contributed by atoms with van der Waals surface area (Å²) in [4.78, 5) is 23.0. The van der Waals surface area contributed by atoms with E-state index in [1.165, 1.54) is 34.7 Å². The molecule has 0 aliphatic heterocycles. The molecule has 2 rings (SSSR count). The molecule has 3 N–H and O–H groups in total. The van der Waals surface area contributed by atoms with E-state index in [2.05, 4.69) is 5.32 Å². The Bertz CT molecular complexity index is 745. The molecule has 0 saturated carbocycles. The molecule has 0 saturated heterocycles. The molecule has 0 aromatic heterocycles. The van der Waals surface area contributed by atoms with Crippen molar-refractivity contribution < 1.29 is 23.1 Å². The number of benzene rings is 2. The van der Waals surface area contributed by atoms with Crippen LogP contribution in [-0.4, -0.2) is 18.4 Å². The summed E-state index contributed by atoms with van der Waals surface area (Å²) < 4.78 is 32.0. The van der Waals surface area contributed by atoms with E-state index >= 15 is 0 Å². The maximum atomic E-state index is 13.5. The van der Waals surface area contributed by atoms with Crippen molar-refractivity contribution in [1.82, 2.24) is 0 Å². The van der Waals surface area contributed by atoms with Crippen molar-refractivity contribution in [3.63, 3.8) is 0 Å². The van der Waals surface area contributed by atoms with Crippen molar-refractivity contribution in [1.29, 1.82) is 0 Å². The number of carbonyl (C=O) groups excluding carboxylic acids is 2. The van der Waals surface area contributed by atoms with Crippen LogP contribution in [0.25, 0.3) is 0 Å². The minimum Gasteiger partial charge on any atom is -0.483 e. The third-order valence-corrected chi connectivity index (χ3v) is 3.77. The summed E-state index contributed by atoms with van der Waals surface area (Å²) in [5, 5.41) is 2.38. The second kappa shape index (κ2) is 7.36. The first-order valence-corrected chi connectivity index (χ1v) is 7.42. The van der Waals surface area contributed by atoms with E-state index in [9.17, 15) is 18.4 Å². The van der Waals surface area contributed by atoms with E-state index in [0.29, 0.717) is 0 Å². The number of ether oxygens (including phenoxy) is 1. The zero-order valence-electron chi connectivity index (χ0n) is 11.6. The smallest absolute Gasteiger partial charge is 0.259 e. The lowest BCUT2D eigenvalue weighted by molar-refractivity contribution is -0.119. The number of nitrogens with one attached hydrogen (secondary N) is 1. The van der Waals surface area contributed by atoms with Gasteiger partial charge in [-0.05, 0) is 46.9 Å². The molecule has 0 unspecified atom stereocenters. The van der Waals surface area contributed by atoms with Crippen LogP contribution in [0.1, 0.15) is 10.4 Å². The van der Waals surface area contributed by atoms with Gasteiger partial charge in [-0.25, -0.2) is 8.78 Å². The van der Waals surface area contributed by atoms with E-state index in [1.807, 2.05) is 0 Å². The molecule has 0 radical (unpaired) electrons. The number of anilines is 1. The summed E-state index contributed by atoms with van der Waals surface area (Å²) in [7, 11) is 0. The van der Waals surface area contributed by atoms with Crippen LogP contribution >= 0.6 is 22.6 Å². The van der Waals surface area contributed by atoms with Gasteiger partial charge in [0.2, 0.25) is 0 Å². The van der Waals surface area contributed by atoms with Crippen LogP contribution in [0, 0.1) is 15.2 Å². The molecule has 0 heterocycles. The quantitative estimate of drug-likeness (QED) is 0.564. The monoisotopic (exact) mass is 432 g/mol. The fourth-order valence-electron chi connectivity index (χ4n) is 1.76. The molecule has 8 heteroatoms. The number of hydrogen-bond donors (Lipinski definition) is 2. The first-order chi connectivity index (χ1) is 10.9. The highest BCUT2D eigenvalue weighted by Gasteiger charge is 2.15. The van der Waals surface area contributed by atoms with Crippen molar-refractivity contribution in [3.8, 4) is 5.75 Å². The number of para-hydroxylation sites is 1. The predicted octanol–water partition coefficient (Wildman–Crippen LogP) is 2.69. The molecule has 0 spiro atoms. The Kier molecular flexibility index (Phi) is 5.48. The van der Waals surface area contributed by atoms with Crippen molar-refractivity contribution in [3.05, 3.63) is 57.2 Å². The van der Waals surface area contributed by atoms with Gasteiger partial charge in [0.15, 0.2) is 6.61 Å². The molecular formula is C15H11F2IN2O3. The third-order valence-electron chi connectivity index (χ3n) is 2.74. The lowest BCUT2D eigenvalue weighted by atomic mass is 10.2. The first-order valence-electron chi connectivity index (χ1n) is 6.34. The van der Waals surface area contributed by atoms with Gasteiger partial charge in [0.25, 0.3) is 11.8 Å². The average Bonchev–Trinajstić information content (AvgIpc) is 2.50. The van der Waals surface area contributed by atoms with Crippen molar-refractivity contribution in [2.75, 3.05) is 11.9 Å². The number of carbonyl (C=O) groups is 2. The van der Waals surface area contributed by atoms with E-state index in [0.717, 1.165) is 12.1 Å². The van der Waals surface area contributed by atoms with Gasteiger partial charge in [0.1, 0.15) is 17.4 Å². The minimum atomic E-state index is -0.779. The van der Waals surface area contributed by atoms with Gasteiger partial charge in [-0.1, -0.05) is 12.1 Å². The highest BCUT2D eigenvalue weighted by atomic mass is 127. The second-order valence-corrected chi connectivity index (χ2v) is 5.54. The lowest BCUT2D eigenvalue weighted by Crippen LogP contribution is -2.21. The topological polar surface area (TPSA) is 81.4 Å². The van der Waals surface area contributed by atoms with E-state index in [4.69, 9.17) is 10.5 Å². The summed E-state index contributed by atoms with van der Waals surface area (Å²) in [5.41, 5.74) is 5.06. The molecular weight excluding hydrogens is 421 g/mol. The van der Waals surface area contributed by atoms with Crippen LogP contribution in [0.4, 0.5) is 14.5 Å². The Hall–Kier alpha value is -2.23. The normalized spacial score (nSPS) is 10.2. The summed E-state index contributed by atoms with van der Waals surface area (Å²) in [5.74, 6) is -2.75. The Morgan fingerprint density at radius 1 is 1.17 bits per heavy atom. The van der Waals surface area contributed by atoms with E-state index in [1.54, 1.807) is 12.1 Å². The maximum absolute atomic E-state index is 13.5. The Labute approximate surface area is 144 Å². The Morgan fingerprint density at radius 3 is 2.39 bits per heavy atom. The molecule has 5 nitrogen and oxygen atoms in total. The van der Waals surface area contributed by atoms with Crippen LogP contribution in [0.5, 0.6) is 5.75 Å². The highest BCUT2D eigenvalue weighted by molar-refractivity contribution is 14.1. The number of halogens is 3. The van der Waals surface area contributed by atoms with E-state index in [-0.39, 0.29) is 20.6 Å². The molecule has 0 aliphatic rings. The molecule has 0 fully saturated rings. The number of primary amides is 1. The van der Waals surface area contributed by atoms with Gasteiger partial charge >= 0.3 is 0 Å². The van der Waals surface area contributed by atoms with Crippen LogP contribution < -0.4 is 15.8 Å². The fourth-order valence-corrected chi connectivity index (χ4v) is 2.07. The summed E-state index contributed by atoms with van der Waals surface area (Å²) in [6.07, 6.45) is 0. The van der Waals surface area contributed by atoms with Crippen LogP contribution in [0.2, 0.25) is 0 Å². The number of nitrogens with two attached hydrogens (primary N) is 1. The van der Waals surface area contributed by atoms with E-state index < -0.39 is 30.1 Å². The molecule has 23 heavy (non-hydrogen) atoms. The van der Waals surface area contributed by atoms with Crippen LogP contribution in [0.3, 0.4) is 0 Å². The largest absolute Gasteiger partial charge is 0.483 e. The summed E-state index contributed by atoms with van der Waals surface area (Å²) in [6.45, 7) is -0.392. The zero-order valence-corrected chi connectivity index (χ0v) is 13.8. The van der Waals surface area contributed by atoms with Crippen LogP contribution in [-0.2, 0) is 4.79 Å². The van der Waals surface area contributed by atoms with Gasteiger partial charge in [0, 0.05) is 5.69 Å². The molecule has 0 bridgehead atoms. The third kappa shape index (κ3) is 4.38. The van der Waals surface area contributed by atoms with Crippen molar-refractivity contribution in [2.45, 2.75) is 0 Å². The standard InChI is InChI=1S/C15H11F2IN2O3/c16-10-5-8(6-11(17)14(10)18)20-15(22)9-3-1-2-4-12(9)23-7-13(19)21/h1-6H,7H2,(H2,19,21)(H,20,22). The summed E-state index contributed by atoms with van der Waals surface area (Å²) >= 11 is 1.53. The molecule has 2 amide bonds. The number of hydrogen-bond acceptors (Lipinski definition) is 3. The van der Waals surface area contributed by atoms with Gasteiger partial charge in [0.05, 0.1) is 9.13 Å². The fraction of sp³-hybridized carbons (Fsp3) is 0.0667. The lowest BCUT2D eigenvalue weighted by Gasteiger charge is -2.11. The van der Waals surface area contributed by atoms with Gasteiger partial charge in [-0.15, -0.1) is 0 Å². The molecule has 2 aromatic rings. The SMILES string of the molecule is NC(=O)COc1ccccc1C(=O)Nc1cc(F)c(I)c(F)c1.